The van der Waals surface area contributed by atoms with Gasteiger partial charge in [-0.05, 0) is 60.9 Å². The van der Waals surface area contributed by atoms with E-state index in [0.717, 1.165) is 16.9 Å². The number of nitrogens with one attached hydrogen (secondary N) is 1. The van der Waals surface area contributed by atoms with Gasteiger partial charge in [0.05, 0.1) is 18.6 Å². The summed E-state index contributed by atoms with van der Waals surface area (Å²) in [6.07, 6.45) is 0.614. The standard InChI is InChI=1S/C19H21F2N3O3.C7H8O3S/c1-26-15-6-2-13(3-7-15)10-11-24-18(25)23-12-19(24,22)14-4-8-16(9-5-14)27-17(20)21;1-6-2-4-7(5-3-6)11(8,9)10/h2-9,17H,10-12,22H2,1H3,(H,23,25);2-5H,1H3,(H,8,9,10). The fraction of sp³-hybridized carbons (Fsp3) is 0.269. The van der Waals surface area contributed by atoms with Crippen LogP contribution in [-0.4, -0.2) is 50.7 Å². The molecule has 204 valence electrons. The van der Waals surface area contributed by atoms with Gasteiger partial charge in [-0.25, -0.2) is 4.79 Å². The van der Waals surface area contributed by atoms with Crippen molar-refractivity contribution in [2.24, 2.45) is 5.73 Å². The Morgan fingerprint density at radius 2 is 1.61 bits per heavy atom. The van der Waals surface area contributed by atoms with E-state index in [-0.39, 0.29) is 23.2 Å². The zero-order chi connectivity index (χ0) is 27.9. The first kappa shape index (κ1) is 28.8. The minimum absolute atomic E-state index is 0.0411. The van der Waals surface area contributed by atoms with Gasteiger partial charge in [0.15, 0.2) is 0 Å². The highest BCUT2D eigenvalue weighted by Crippen LogP contribution is 2.29. The number of nitrogens with two attached hydrogens (primary N) is 1. The fourth-order valence-electron chi connectivity index (χ4n) is 3.81. The predicted molar refractivity (Wildman–Crippen MR) is 137 cm³/mol. The number of aryl methyl sites for hydroxylation is 1. The summed E-state index contributed by atoms with van der Waals surface area (Å²) in [6.45, 7) is -0.417. The molecule has 4 rings (SSSR count). The van der Waals surface area contributed by atoms with Gasteiger partial charge in [0.1, 0.15) is 17.2 Å². The molecule has 4 N–H and O–H groups in total. The molecule has 1 fully saturated rings. The molecule has 1 aliphatic heterocycles. The summed E-state index contributed by atoms with van der Waals surface area (Å²) in [6, 6.07) is 19.3. The van der Waals surface area contributed by atoms with Gasteiger partial charge in [0.2, 0.25) is 0 Å². The summed E-state index contributed by atoms with van der Waals surface area (Å²) in [7, 11) is -2.42. The Labute approximate surface area is 219 Å². The monoisotopic (exact) mass is 549 g/mol. The molecular weight excluding hydrogens is 520 g/mol. The van der Waals surface area contributed by atoms with Gasteiger partial charge in [0, 0.05) is 6.54 Å². The van der Waals surface area contributed by atoms with E-state index in [9.17, 15) is 22.0 Å². The second-order valence-corrected chi connectivity index (χ2v) is 9.95. The van der Waals surface area contributed by atoms with Crippen LogP contribution in [0.4, 0.5) is 13.6 Å². The van der Waals surface area contributed by atoms with Crippen molar-refractivity contribution in [3.05, 3.63) is 89.5 Å². The van der Waals surface area contributed by atoms with E-state index in [4.69, 9.17) is 15.0 Å². The molecular formula is C26H29F2N3O6S. The molecule has 0 aromatic heterocycles. The van der Waals surface area contributed by atoms with Crippen molar-refractivity contribution in [2.75, 3.05) is 20.2 Å². The van der Waals surface area contributed by atoms with Crippen LogP contribution < -0.4 is 20.5 Å². The summed E-state index contributed by atoms with van der Waals surface area (Å²) in [5.41, 5.74) is 8.08. The quantitative estimate of drug-likeness (QED) is 0.363. The van der Waals surface area contributed by atoms with E-state index < -0.39 is 22.4 Å². The van der Waals surface area contributed by atoms with Crippen LogP contribution in [-0.2, 0) is 22.2 Å². The van der Waals surface area contributed by atoms with Crippen molar-refractivity contribution < 1.29 is 36.0 Å². The molecule has 38 heavy (non-hydrogen) atoms. The van der Waals surface area contributed by atoms with Gasteiger partial charge < -0.3 is 25.4 Å². The summed E-state index contributed by atoms with van der Waals surface area (Å²) in [4.78, 5) is 13.8. The number of carbonyl (C=O) groups is 1. The van der Waals surface area contributed by atoms with E-state index in [2.05, 4.69) is 10.1 Å². The van der Waals surface area contributed by atoms with Crippen LogP contribution in [0.15, 0.2) is 77.7 Å². The van der Waals surface area contributed by atoms with Gasteiger partial charge in [0.25, 0.3) is 10.1 Å². The number of alkyl halides is 2. The number of nitrogens with zero attached hydrogens (tertiary/aromatic N) is 1. The van der Waals surface area contributed by atoms with Crippen LogP contribution in [0.2, 0.25) is 0 Å². The average Bonchev–Trinajstić information content (AvgIpc) is 3.17. The largest absolute Gasteiger partial charge is 0.497 e. The number of amides is 2. The van der Waals surface area contributed by atoms with Crippen LogP contribution >= 0.6 is 0 Å². The highest BCUT2D eigenvalue weighted by atomic mass is 32.2. The molecule has 1 unspecified atom stereocenters. The van der Waals surface area contributed by atoms with E-state index in [0.29, 0.717) is 18.5 Å². The maximum Gasteiger partial charge on any atom is 0.387 e. The lowest BCUT2D eigenvalue weighted by Crippen LogP contribution is -2.52. The normalized spacial score (nSPS) is 17.0. The molecule has 0 radical (unpaired) electrons. The molecule has 1 aliphatic rings. The summed E-state index contributed by atoms with van der Waals surface area (Å²) in [5, 5.41) is 2.75. The zero-order valence-corrected chi connectivity index (χ0v) is 21.6. The number of hydrogen-bond acceptors (Lipinski definition) is 6. The van der Waals surface area contributed by atoms with E-state index in [1.54, 1.807) is 36.3 Å². The van der Waals surface area contributed by atoms with Crippen LogP contribution in [0.1, 0.15) is 16.7 Å². The molecule has 1 atom stereocenters. The van der Waals surface area contributed by atoms with Crippen molar-refractivity contribution in [3.63, 3.8) is 0 Å². The van der Waals surface area contributed by atoms with Crippen molar-refractivity contribution in [2.45, 2.75) is 30.5 Å². The zero-order valence-electron chi connectivity index (χ0n) is 20.8. The molecule has 1 saturated heterocycles. The predicted octanol–water partition coefficient (Wildman–Crippen LogP) is 3.92. The Kier molecular flexibility index (Phi) is 9.26. The second-order valence-electron chi connectivity index (χ2n) is 8.52. The molecule has 0 aliphatic carbocycles. The first-order valence-corrected chi connectivity index (χ1v) is 12.9. The number of hydrogen-bond donors (Lipinski definition) is 3. The highest BCUT2D eigenvalue weighted by molar-refractivity contribution is 7.85. The van der Waals surface area contributed by atoms with Crippen molar-refractivity contribution >= 4 is 16.1 Å². The summed E-state index contributed by atoms with van der Waals surface area (Å²) < 4.78 is 63.6. The van der Waals surface area contributed by atoms with Crippen LogP contribution in [0.5, 0.6) is 11.5 Å². The van der Waals surface area contributed by atoms with Gasteiger partial charge in [-0.15, -0.1) is 0 Å². The number of benzene rings is 3. The number of ether oxygens (including phenoxy) is 2. The number of halogens is 2. The van der Waals surface area contributed by atoms with E-state index in [1.165, 1.54) is 24.3 Å². The Bertz CT molecular complexity index is 1320. The third-order valence-corrected chi connectivity index (χ3v) is 6.79. The lowest BCUT2D eigenvalue weighted by molar-refractivity contribution is -0.0498. The summed E-state index contributed by atoms with van der Waals surface area (Å²) >= 11 is 0. The summed E-state index contributed by atoms with van der Waals surface area (Å²) in [5.74, 6) is 0.802. The average molecular weight is 550 g/mol. The number of urea groups is 1. The Balaban J connectivity index is 0.000000304. The molecule has 1 heterocycles. The van der Waals surface area contributed by atoms with Crippen molar-refractivity contribution in [1.29, 1.82) is 0 Å². The highest BCUT2D eigenvalue weighted by Gasteiger charge is 2.43. The molecule has 9 nitrogen and oxygen atoms in total. The van der Waals surface area contributed by atoms with Crippen LogP contribution in [0, 0.1) is 6.92 Å². The minimum Gasteiger partial charge on any atom is -0.497 e. The van der Waals surface area contributed by atoms with Crippen LogP contribution in [0.25, 0.3) is 0 Å². The SMILES string of the molecule is COc1ccc(CCN2C(=O)NCC2(N)c2ccc(OC(F)F)cc2)cc1.Cc1ccc(S(=O)(=O)O)cc1. The molecule has 3 aromatic rings. The van der Waals surface area contributed by atoms with Gasteiger partial charge in [-0.3, -0.25) is 4.55 Å². The smallest absolute Gasteiger partial charge is 0.387 e. The molecule has 0 bridgehead atoms. The third kappa shape index (κ3) is 7.40. The molecule has 3 aromatic carbocycles. The molecule has 12 heteroatoms. The Hall–Kier alpha value is -3.74. The lowest BCUT2D eigenvalue weighted by atomic mass is 9.99. The molecule has 0 spiro atoms. The Morgan fingerprint density at radius 3 is 2.13 bits per heavy atom. The van der Waals surface area contributed by atoms with Crippen molar-refractivity contribution in [3.8, 4) is 11.5 Å². The van der Waals surface area contributed by atoms with Gasteiger partial charge in [-0.2, -0.15) is 17.2 Å². The van der Waals surface area contributed by atoms with E-state index >= 15 is 0 Å². The maximum absolute atomic E-state index is 12.3. The maximum atomic E-state index is 12.3. The number of methoxy groups -OCH3 is 1. The number of rotatable bonds is 8. The third-order valence-electron chi connectivity index (χ3n) is 5.92. The first-order chi connectivity index (χ1) is 17.9. The van der Waals surface area contributed by atoms with Gasteiger partial charge >= 0.3 is 12.6 Å². The number of carbonyl (C=O) groups excluding carboxylic acids is 1. The van der Waals surface area contributed by atoms with Crippen LogP contribution in [0.3, 0.4) is 0 Å². The van der Waals surface area contributed by atoms with Crippen molar-refractivity contribution in [1.82, 2.24) is 10.2 Å². The van der Waals surface area contributed by atoms with E-state index in [1.807, 2.05) is 31.2 Å². The molecule has 0 saturated carbocycles. The topological polar surface area (TPSA) is 131 Å². The second kappa shape index (κ2) is 12.2. The molecule has 2 amide bonds. The fourth-order valence-corrected chi connectivity index (χ4v) is 4.29. The van der Waals surface area contributed by atoms with Gasteiger partial charge in [-0.1, -0.05) is 42.0 Å². The Morgan fingerprint density at radius 1 is 1.03 bits per heavy atom. The minimum atomic E-state index is -4.02. The lowest BCUT2D eigenvalue weighted by Gasteiger charge is -2.34. The first-order valence-electron chi connectivity index (χ1n) is 11.5.